The van der Waals surface area contributed by atoms with Crippen LogP contribution in [0.15, 0.2) is 12.5 Å². The van der Waals surface area contributed by atoms with Crippen molar-refractivity contribution in [2.45, 2.75) is 166 Å². The lowest BCUT2D eigenvalue weighted by Gasteiger charge is -2.27. The molecule has 1 heterocycles. The molecule has 0 fully saturated rings. The molecule has 0 spiro atoms. The summed E-state index contributed by atoms with van der Waals surface area (Å²) in [5.41, 5.74) is 34.1. The number of hydrogen-bond acceptors (Lipinski definition) is 14. The van der Waals surface area contributed by atoms with Crippen LogP contribution in [0.4, 0.5) is 0 Å². The minimum atomic E-state index is -1.32. The Morgan fingerprint density at radius 3 is 1.44 bits per heavy atom. The van der Waals surface area contributed by atoms with Crippen molar-refractivity contribution in [3.8, 4) is 0 Å². The number of imidazole rings is 1. The van der Waals surface area contributed by atoms with Gasteiger partial charge in [-0.15, -0.1) is 0 Å². The van der Waals surface area contributed by atoms with E-state index in [9.17, 15) is 43.2 Å². The van der Waals surface area contributed by atoms with E-state index in [0.717, 1.165) is 0 Å². The molecular formula is C44H81N17O9. The summed E-state index contributed by atoms with van der Waals surface area (Å²) in [6.45, 7) is 6.15. The first kappa shape index (κ1) is 61.6. The minimum absolute atomic E-state index is 0.0242. The zero-order valence-electron chi connectivity index (χ0n) is 41.0. The van der Waals surface area contributed by atoms with Gasteiger partial charge in [-0.05, 0) is 122 Å². The number of carbonyl (C=O) groups is 9. The number of nitrogens with two attached hydrogens (primary N) is 6. The molecule has 1 aromatic rings. The Hall–Kier alpha value is -6.41. The molecular weight excluding hydrogens is 911 g/mol. The SMILES string of the molecule is CC(C)C[C@H](NC(=O)[C@H](C)NC(=O)[C@H](CCCCN)NC(=O)[C@H](CCCNC(=N)N)NC(=O)[C@H](CCCCN)NC(=O)[C@H](CCC(N)=O)NC(=O)CCc1cnc[nH]1)C(=O)N[C@@H](CCCCN)C(N)=O. The van der Waals surface area contributed by atoms with Gasteiger partial charge in [0.1, 0.15) is 42.3 Å². The number of hydrogen-bond donors (Lipinski definition) is 16. The highest BCUT2D eigenvalue weighted by molar-refractivity contribution is 5.97. The Morgan fingerprint density at radius 2 is 1.00 bits per heavy atom. The fourth-order valence-corrected chi connectivity index (χ4v) is 7.06. The van der Waals surface area contributed by atoms with Crippen molar-refractivity contribution in [3.05, 3.63) is 18.2 Å². The van der Waals surface area contributed by atoms with Crippen LogP contribution in [0.5, 0.6) is 0 Å². The molecule has 22 N–H and O–H groups in total. The monoisotopic (exact) mass is 992 g/mol. The molecule has 0 radical (unpaired) electrons. The van der Waals surface area contributed by atoms with Crippen LogP contribution in [0, 0.1) is 11.3 Å². The van der Waals surface area contributed by atoms with E-state index < -0.39 is 95.5 Å². The Kier molecular flexibility index (Phi) is 30.6. The lowest BCUT2D eigenvalue weighted by atomic mass is 10.0. The van der Waals surface area contributed by atoms with Gasteiger partial charge in [-0.25, -0.2) is 4.98 Å². The molecule has 1 aromatic heterocycles. The van der Waals surface area contributed by atoms with Gasteiger partial charge >= 0.3 is 0 Å². The molecule has 0 aliphatic rings. The van der Waals surface area contributed by atoms with Crippen molar-refractivity contribution in [1.29, 1.82) is 5.41 Å². The molecule has 26 heteroatoms. The van der Waals surface area contributed by atoms with E-state index in [4.69, 9.17) is 39.8 Å². The highest BCUT2D eigenvalue weighted by Gasteiger charge is 2.33. The quantitative estimate of drug-likeness (QED) is 0.0172. The van der Waals surface area contributed by atoms with E-state index in [2.05, 4.69) is 52.5 Å². The van der Waals surface area contributed by atoms with Crippen LogP contribution < -0.4 is 76.9 Å². The molecule has 0 saturated heterocycles. The van der Waals surface area contributed by atoms with Crippen molar-refractivity contribution < 1.29 is 43.2 Å². The number of aromatic amines is 1. The number of carbonyl (C=O) groups excluding carboxylic acids is 9. The molecule has 0 aliphatic heterocycles. The predicted octanol–water partition coefficient (Wildman–Crippen LogP) is -3.80. The average Bonchev–Trinajstić information content (AvgIpc) is 3.83. The standard InChI is InChI=1S/C44H81N17O9/c1-26(2)23-34(43(70)57-29(37(49)64)11-4-7-19-45)61-38(65)27(3)55-39(66)30(12-5-8-20-46)58-41(68)32(14-10-22-53-44(50)51)60-40(67)31(13-6-9-21-47)59-42(69)33(16-17-35(48)62)56-36(63)18-15-28-24-52-25-54-28/h24-27,29-34H,4-23,45-47H2,1-3H3,(H2,48,62)(H2,49,64)(H,52,54)(H,55,66)(H,56,63)(H,57,70)(H,58,68)(H,59,69)(H,60,67)(H,61,65)(H4,50,51,53)/t27-,29-,30-,31-,32-,33-,34-/m0/s1. The normalized spacial score (nSPS) is 14.0. The third-order valence-electron chi connectivity index (χ3n) is 11.0. The van der Waals surface area contributed by atoms with Crippen molar-refractivity contribution in [2.24, 2.45) is 40.3 Å². The highest BCUT2D eigenvalue weighted by Crippen LogP contribution is 2.11. The molecule has 0 unspecified atom stereocenters. The zero-order valence-corrected chi connectivity index (χ0v) is 41.0. The highest BCUT2D eigenvalue weighted by atomic mass is 16.2. The summed E-state index contributed by atoms with van der Waals surface area (Å²) in [4.78, 5) is 126. The number of aromatic nitrogens is 2. The summed E-state index contributed by atoms with van der Waals surface area (Å²) < 4.78 is 0. The molecule has 9 amide bonds. The van der Waals surface area contributed by atoms with Gasteiger partial charge in [0.25, 0.3) is 0 Å². The summed E-state index contributed by atoms with van der Waals surface area (Å²) in [5, 5.41) is 28.7. The summed E-state index contributed by atoms with van der Waals surface area (Å²) in [7, 11) is 0. The topological polar surface area (TPSA) is 459 Å². The molecule has 0 aromatic carbocycles. The number of H-pyrrole nitrogens is 1. The van der Waals surface area contributed by atoms with Gasteiger partial charge in [0.05, 0.1) is 6.33 Å². The molecule has 26 nitrogen and oxygen atoms in total. The van der Waals surface area contributed by atoms with Gasteiger partial charge in [-0.3, -0.25) is 48.6 Å². The van der Waals surface area contributed by atoms with Gasteiger partial charge < -0.3 is 81.9 Å². The third kappa shape index (κ3) is 26.4. The number of nitrogens with one attached hydrogen (secondary N) is 10. The van der Waals surface area contributed by atoms with E-state index in [-0.39, 0.29) is 95.7 Å². The van der Waals surface area contributed by atoms with E-state index in [1.54, 1.807) is 6.20 Å². The number of guanidine groups is 1. The molecule has 1 rings (SSSR count). The van der Waals surface area contributed by atoms with Crippen molar-refractivity contribution >= 4 is 59.1 Å². The maximum atomic E-state index is 14.2. The van der Waals surface area contributed by atoms with Crippen LogP contribution in [-0.4, -0.2) is 138 Å². The lowest BCUT2D eigenvalue weighted by Crippen LogP contribution is -2.59. The number of rotatable bonds is 38. The van der Waals surface area contributed by atoms with E-state index in [0.29, 0.717) is 50.8 Å². The summed E-state index contributed by atoms with van der Waals surface area (Å²) >= 11 is 0. The number of unbranched alkanes of at least 4 members (excludes halogenated alkanes) is 3. The third-order valence-corrected chi connectivity index (χ3v) is 11.0. The predicted molar refractivity (Wildman–Crippen MR) is 261 cm³/mol. The van der Waals surface area contributed by atoms with Crippen LogP contribution >= 0.6 is 0 Å². The Labute approximate surface area is 409 Å². The lowest BCUT2D eigenvalue weighted by molar-refractivity contribution is -0.136. The minimum Gasteiger partial charge on any atom is -0.370 e. The second-order valence-corrected chi connectivity index (χ2v) is 17.6. The van der Waals surface area contributed by atoms with Gasteiger partial charge in [0, 0.05) is 31.3 Å². The first-order valence-electron chi connectivity index (χ1n) is 24.1. The number of primary amides is 2. The Balaban J connectivity index is 3.36. The van der Waals surface area contributed by atoms with Gasteiger partial charge in [0.2, 0.25) is 53.2 Å². The Bertz CT molecular complexity index is 1820. The van der Waals surface area contributed by atoms with Gasteiger partial charge in [0.15, 0.2) is 5.96 Å². The maximum Gasteiger partial charge on any atom is 0.243 e. The van der Waals surface area contributed by atoms with Crippen molar-refractivity contribution in [2.75, 3.05) is 26.2 Å². The molecule has 396 valence electrons. The first-order valence-corrected chi connectivity index (χ1v) is 24.1. The summed E-state index contributed by atoms with van der Waals surface area (Å²) in [6, 6.07) is -8.38. The number of aryl methyl sites for hydroxylation is 1. The van der Waals surface area contributed by atoms with Crippen LogP contribution in [0.2, 0.25) is 0 Å². The summed E-state index contributed by atoms with van der Waals surface area (Å²) in [6.07, 6.45) is 6.44. The van der Waals surface area contributed by atoms with E-state index >= 15 is 0 Å². The average molecular weight is 992 g/mol. The van der Waals surface area contributed by atoms with E-state index in [1.807, 2.05) is 13.8 Å². The maximum absolute atomic E-state index is 14.2. The van der Waals surface area contributed by atoms with Crippen LogP contribution in [0.1, 0.15) is 123 Å². The van der Waals surface area contributed by atoms with Gasteiger partial charge in [-0.2, -0.15) is 0 Å². The smallest absolute Gasteiger partial charge is 0.243 e. The molecule has 70 heavy (non-hydrogen) atoms. The zero-order chi connectivity index (χ0) is 52.6. The molecule has 7 atom stereocenters. The molecule has 0 bridgehead atoms. The second-order valence-electron chi connectivity index (χ2n) is 17.6. The van der Waals surface area contributed by atoms with Crippen LogP contribution in [0.3, 0.4) is 0 Å². The molecule has 0 aliphatic carbocycles. The van der Waals surface area contributed by atoms with E-state index in [1.165, 1.54) is 13.3 Å². The second kappa shape index (κ2) is 34.8. The fourth-order valence-electron chi connectivity index (χ4n) is 7.06. The van der Waals surface area contributed by atoms with Crippen molar-refractivity contribution in [1.82, 2.24) is 52.5 Å². The number of amides is 9. The van der Waals surface area contributed by atoms with Crippen LogP contribution in [0.25, 0.3) is 0 Å². The number of nitrogens with zero attached hydrogens (tertiary/aromatic N) is 1. The fraction of sp³-hybridized carbons (Fsp3) is 0.705. The first-order chi connectivity index (χ1) is 33.2. The largest absolute Gasteiger partial charge is 0.370 e. The molecule has 0 saturated carbocycles. The Morgan fingerprint density at radius 1 is 0.557 bits per heavy atom. The van der Waals surface area contributed by atoms with Crippen molar-refractivity contribution in [3.63, 3.8) is 0 Å². The van der Waals surface area contributed by atoms with Gasteiger partial charge in [-0.1, -0.05) is 13.8 Å². The van der Waals surface area contributed by atoms with Crippen LogP contribution in [-0.2, 0) is 49.6 Å². The summed E-state index contributed by atoms with van der Waals surface area (Å²) in [5.74, 6) is -6.84.